The summed E-state index contributed by atoms with van der Waals surface area (Å²) in [4.78, 5) is 0. The number of phenols is 2. The molecule has 0 saturated carbocycles. The topological polar surface area (TPSA) is 90.2 Å². The van der Waals surface area contributed by atoms with E-state index < -0.39 is 12.2 Å². The quantitative estimate of drug-likeness (QED) is 0.596. The zero-order valence-corrected chi connectivity index (χ0v) is 13.4. The normalized spacial score (nSPS) is 21.6. The second kappa shape index (κ2) is 7.11. The van der Waals surface area contributed by atoms with Crippen molar-refractivity contribution in [1.29, 1.82) is 0 Å². The predicted molar refractivity (Wildman–Crippen MR) is 89.6 cm³/mol. The van der Waals surface area contributed by atoms with Gasteiger partial charge in [0.1, 0.15) is 0 Å². The Kier molecular flexibility index (Phi) is 4.92. The number of hydrogen-bond donors (Lipinski definition) is 4. The molecule has 2 aromatic carbocycles. The molecule has 4 N–H and O–H groups in total. The van der Waals surface area contributed by atoms with Crippen LogP contribution in [0, 0.1) is 0 Å². The lowest BCUT2D eigenvalue weighted by molar-refractivity contribution is 0.0138. The van der Waals surface area contributed by atoms with Crippen LogP contribution in [0.25, 0.3) is 0 Å². The molecule has 0 unspecified atom stereocenters. The molecule has 0 spiro atoms. The summed E-state index contributed by atoms with van der Waals surface area (Å²) in [5, 5.41) is 40.4. The molecule has 2 aliphatic rings. The lowest BCUT2D eigenvalue weighted by atomic mass is 9.98. The molecule has 5 heteroatoms. The summed E-state index contributed by atoms with van der Waals surface area (Å²) in [7, 11) is 0. The molecule has 5 nitrogen and oxygen atoms in total. The molecule has 0 radical (unpaired) electrons. The van der Waals surface area contributed by atoms with Gasteiger partial charge in [0.05, 0.1) is 12.2 Å². The standard InChI is InChI=1S/C19H22O5/c20-14-4-2-1-3-12-6-8-18(17(23)9-12)24-19-11-13(10-16(14)22)5-7-15(19)21/h5-9,11,14,16,20-23H,1-4,10H2/t14-,16+/m0/s1. The van der Waals surface area contributed by atoms with Crippen molar-refractivity contribution in [1.82, 2.24) is 0 Å². The van der Waals surface area contributed by atoms with Crippen molar-refractivity contribution in [3.8, 4) is 23.0 Å². The molecule has 2 atom stereocenters. The van der Waals surface area contributed by atoms with Crippen molar-refractivity contribution in [2.75, 3.05) is 0 Å². The number of phenolic OH excluding ortho intramolecular Hbond substituents is 2. The molecule has 0 fully saturated rings. The van der Waals surface area contributed by atoms with Crippen molar-refractivity contribution in [3.63, 3.8) is 0 Å². The summed E-state index contributed by atoms with van der Waals surface area (Å²) in [5.41, 5.74) is 1.71. The average molecular weight is 330 g/mol. The first-order valence-electron chi connectivity index (χ1n) is 8.20. The van der Waals surface area contributed by atoms with Crippen LogP contribution in [0.5, 0.6) is 23.0 Å². The van der Waals surface area contributed by atoms with E-state index in [1.54, 1.807) is 24.3 Å². The van der Waals surface area contributed by atoms with E-state index in [0.717, 1.165) is 30.4 Å². The fraction of sp³-hybridized carbons (Fsp3) is 0.368. The number of benzene rings is 2. The Balaban J connectivity index is 1.96. The Labute approximate surface area is 140 Å². The first-order valence-corrected chi connectivity index (χ1v) is 8.20. The second-order valence-corrected chi connectivity index (χ2v) is 6.29. The molecular weight excluding hydrogens is 308 g/mol. The Morgan fingerprint density at radius 1 is 0.792 bits per heavy atom. The van der Waals surface area contributed by atoms with Crippen molar-refractivity contribution < 1.29 is 25.2 Å². The monoisotopic (exact) mass is 330 g/mol. The Morgan fingerprint density at radius 2 is 1.58 bits per heavy atom. The number of aryl methyl sites for hydroxylation is 1. The van der Waals surface area contributed by atoms with Crippen LogP contribution in [-0.2, 0) is 12.8 Å². The van der Waals surface area contributed by atoms with Crippen molar-refractivity contribution in [3.05, 3.63) is 47.5 Å². The number of rotatable bonds is 0. The van der Waals surface area contributed by atoms with E-state index in [1.807, 2.05) is 6.07 Å². The molecule has 0 saturated heterocycles. The van der Waals surface area contributed by atoms with Gasteiger partial charge in [0.2, 0.25) is 0 Å². The number of aromatic hydroxyl groups is 2. The molecule has 2 aliphatic heterocycles. The van der Waals surface area contributed by atoms with Gasteiger partial charge in [-0.3, -0.25) is 0 Å². The van der Waals surface area contributed by atoms with Gasteiger partial charge in [0.15, 0.2) is 23.0 Å². The third-order valence-corrected chi connectivity index (χ3v) is 4.37. The molecule has 4 bridgehead atoms. The highest BCUT2D eigenvalue weighted by molar-refractivity contribution is 5.49. The minimum Gasteiger partial charge on any atom is -0.504 e. The average Bonchev–Trinajstić information content (AvgIpc) is 2.56. The molecule has 0 amide bonds. The molecule has 128 valence electrons. The Bertz CT molecular complexity index is 713. The molecular formula is C19H22O5. The van der Waals surface area contributed by atoms with Gasteiger partial charge in [0.25, 0.3) is 0 Å². The lowest BCUT2D eigenvalue weighted by Gasteiger charge is -2.18. The van der Waals surface area contributed by atoms with Crippen LogP contribution in [0.2, 0.25) is 0 Å². The number of aliphatic hydroxyl groups excluding tert-OH is 2. The van der Waals surface area contributed by atoms with Gasteiger partial charge >= 0.3 is 0 Å². The maximum atomic E-state index is 10.2. The van der Waals surface area contributed by atoms with Crippen LogP contribution < -0.4 is 4.74 Å². The largest absolute Gasteiger partial charge is 0.504 e. The number of aliphatic hydroxyl groups is 2. The maximum absolute atomic E-state index is 10.2. The molecule has 24 heavy (non-hydrogen) atoms. The van der Waals surface area contributed by atoms with E-state index >= 15 is 0 Å². The fourth-order valence-corrected chi connectivity index (χ4v) is 2.94. The Morgan fingerprint density at radius 3 is 2.38 bits per heavy atom. The first kappa shape index (κ1) is 16.6. The van der Waals surface area contributed by atoms with Crippen LogP contribution in [0.3, 0.4) is 0 Å². The highest BCUT2D eigenvalue weighted by Crippen LogP contribution is 2.37. The molecule has 2 heterocycles. The summed E-state index contributed by atoms with van der Waals surface area (Å²) >= 11 is 0. The summed E-state index contributed by atoms with van der Waals surface area (Å²) in [6.07, 6.45) is 1.55. The molecule has 0 aromatic heterocycles. The third-order valence-electron chi connectivity index (χ3n) is 4.37. The highest BCUT2D eigenvalue weighted by Gasteiger charge is 2.18. The minimum atomic E-state index is -0.866. The summed E-state index contributed by atoms with van der Waals surface area (Å²) in [6, 6.07) is 9.98. The van der Waals surface area contributed by atoms with E-state index in [0.29, 0.717) is 6.42 Å². The van der Waals surface area contributed by atoms with Gasteiger partial charge in [-0.05, 0) is 54.7 Å². The van der Waals surface area contributed by atoms with Gasteiger partial charge < -0.3 is 25.2 Å². The van der Waals surface area contributed by atoms with Gasteiger partial charge in [0, 0.05) is 6.42 Å². The van der Waals surface area contributed by atoms with Gasteiger partial charge in [-0.15, -0.1) is 0 Å². The van der Waals surface area contributed by atoms with Crippen LogP contribution in [0.15, 0.2) is 36.4 Å². The predicted octanol–water partition coefficient (Wildman–Crippen LogP) is 2.88. The van der Waals surface area contributed by atoms with E-state index in [9.17, 15) is 20.4 Å². The number of hydrogen-bond acceptors (Lipinski definition) is 5. The number of ether oxygens (including phenoxy) is 1. The highest BCUT2D eigenvalue weighted by atomic mass is 16.5. The fourth-order valence-electron chi connectivity index (χ4n) is 2.94. The van der Waals surface area contributed by atoms with Crippen LogP contribution in [-0.4, -0.2) is 32.6 Å². The van der Waals surface area contributed by atoms with Crippen molar-refractivity contribution in [2.45, 2.75) is 44.3 Å². The molecule has 0 aliphatic carbocycles. The number of fused-ring (bicyclic) bond motifs is 8. The van der Waals surface area contributed by atoms with Gasteiger partial charge in [-0.1, -0.05) is 18.6 Å². The van der Waals surface area contributed by atoms with E-state index in [2.05, 4.69) is 0 Å². The van der Waals surface area contributed by atoms with E-state index in [1.165, 1.54) is 6.07 Å². The molecule has 4 rings (SSSR count). The van der Waals surface area contributed by atoms with Gasteiger partial charge in [-0.2, -0.15) is 0 Å². The summed E-state index contributed by atoms with van der Waals surface area (Å²) in [6.45, 7) is 0. The smallest absolute Gasteiger partial charge is 0.169 e. The van der Waals surface area contributed by atoms with Crippen LogP contribution >= 0.6 is 0 Å². The van der Waals surface area contributed by atoms with E-state index in [4.69, 9.17) is 4.74 Å². The summed E-state index contributed by atoms with van der Waals surface area (Å²) in [5.74, 6) is 0.433. The summed E-state index contributed by atoms with van der Waals surface area (Å²) < 4.78 is 5.63. The zero-order chi connectivity index (χ0) is 17.1. The molecule has 2 aromatic rings. The van der Waals surface area contributed by atoms with Gasteiger partial charge in [-0.25, -0.2) is 0 Å². The van der Waals surface area contributed by atoms with E-state index in [-0.39, 0.29) is 29.4 Å². The zero-order valence-electron chi connectivity index (χ0n) is 13.4. The third kappa shape index (κ3) is 3.80. The van der Waals surface area contributed by atoms with Crippen LogP contribution in [0.4, 0.5) is 0 Å². The maximum Gasteiger partial charge on any atom is 0.169 e. The lowest BCUT2D eigenvalue weighted by Crippen LogP contribution is -2.27. The van der Waals surface area contributed by atoms with Crippen molar-refractivity contribution in [2.24, 2.45) is 0 Å². The van der Waals surface area contributed by atoms with Crippen LogP contribution in [0.1, 0.15) is 30.4 Å². The first-order chi connectivity index (χ1) is 11.5. The van der Waals surface area contributed by atoms with Crippen molar-refractivity contribution >= 4 is 0 Å². The SMILES string of the molecule is Oc1cc2ccc1Oc1cc(ccc1O)C[C@@H](O)[C@@H](O)CCCC2. The Hall–Kier alpha value is -2.24. The minimum absolute atomic E-state index is 0.0206. The second-order valence-electron chi connectivity index (χ2n) is 6.29.